The molecule has 0 bridgehead atoms. The summed E-state index contributed by atoms with van der Waals surface area (Å²) in [6.07, 6.45) is 4.06. The summed E-state index contributed by atoms with van der Waals surface area (Å²) >= 11 is 1.68. The van der Waals surface area contributed by atoms with Crippen molar-refractivity contribution in [2.24, 2.45) is 11.8 Å². The molecule has 0 saturated heterocycles. The molecule has 1 fully saturated rings. The topological polar surface area (TPSA) is 29.5 Å². The fourth-order valence-electron chi connectivity index (χ4n) is 2.90. The average molecular weight is 278 g/mol. The maximum atomic E-state index is 8.75. The van der Waals surface area contributed by atoms with E-state index in [9.17, 15) is 0 Å². The highest BCUT2D eigenvalue weighted by Gasteiger charge is 2.24. The van der Waals surface area contributed by atoms with E-state index in [4.69, 9.17) is 9.84 Å². The van der Waals surface area contributed by atoms with Gasteiger partial charge in [-0.25, -0.2) is 0 Å². The molecule has 1 heterocycles. The van der Waals surface area contributed by atoms with Crippen molar-refractivity contribution < 1.29 is 9.84 Å². The predicted molar refractivity (Wildman–Crippen MR) is 79.0 cm³/mol. The Balaban J connectivity index is 1.90. The summed E-state index contributed by atoms with van der Waals surface area (Å²) in [5, 5.41) is 10.8. The second-order valence-corrected chi connectivity index (χ2v) is 6.57. The highest BCUT2D eigenvalue weighted by atomic mass is 32.1. The number of ether oxygens (including phenoxy) is 1. The maximum absolute atomic E-state index is 8.75. The second kappa shape index (κ2) is 7.09. The maximum Gasteiger partial charge on any atom is 0.104 e. The summed E-state index contributed by atoms with van der Waals surface area (Å²) in [7, 11) is 0. The lowest BCUT2D eigenvalue weighted by Crippen LogP contribution is -2.26. The van der Waals surface area contributed by atoms with Crippen LogP contribution in [0.5, 0.6) is 0 Å². The van der Waals surface area contributed by atoms with Gasteiger partial charge in [-0.3, -0.25) is 0 Å². The fraction of sp³-hybridized carbons (Fsp3) is 0.625. The fourth-order valence-corrected chi connectivity index (χ4v) is 3.65. The van der Waals surface area contributed by atoms with Crippen molar-refractivity contribution in [2.75, 3.05) is 6.61 Å². The van der Waals surface area contributed by atoms with Crippen molar-refractivity contribution >= 4 is 11.3 Å². The van der Waals surface area contributed by atoms with E-state index in [1.165, 1.54) is 24.1 Å². The van der Waals surface area contributed by atoms with Crippen molar-refractivity contribution in [2.45, 2.75) is 45.8 Å². The molecule has 2 rings (SSSR count). The molecule has 0 aromatic carbocycles. The Morgan fingerprint density at radius 3 is 2.74 bits per heavy atom. The van der Waals surface area contributed by atoms with Crippen LogP contribution in [0.25, 0.3) is 0 Å². The predicted octanol–water partition coefficient (Wildman–Crippen LogP) is 3.43. The standard InChI is InChI=1S/C16H22O2S/c1-12-8-13(2)10-15(9-12)18-11-16-14(4-3-6-17)5-7-19-16/h5,7,12-13,15,17H,6,8-11H2,1-2H3. The third-order valence-electron chi connectivity index (χ3n) is 3.63. The van der Waals surface area contributed by atoms with Crippen molar-refractivity contribution in [3.05, 3.63) is 21.9 Å². The van der Waals surface area contributed by atoms with Gasteiger partial charge in [0, 0.05) is 10.4 Å². The molecule has 0 spiro atoms. The molecule has 1 aliphatic rings. The summed E-state index contributed by atoms with van der Waals surface area (Å²) in [6.45, 7) is 5.19. The molecule has 1 aromatic heterocycles. The summed E-state index contributed by atoms with van der Waals surface area (Å²) < 4.78 is 6.07. The minimum atomic E-state index is -0.0895. The zero-order valence-electron chi connectivity index (χ0n) is 11.7. The molecule has 0 radical (unpaired) electrons. The molecular weight excluding hydrogens is 256 g/mol. The molecule has 2 nitrogen and oxygen atoms in total. The van der Waals surface area contributed by atoms with Crippen molar-refractivity contribution in [1.29, 1.82) is 0 Å². The molecule has 1 N–H and O–H groups in total. The quantitative estimate of drug-likeness (QED) is 0.858. The Hall–Kier alpha value is -0.820. The van der Waals surface area contributed by atoms with Crippen LogP contribution in [-0.2, 0) is 11.3 Å². The molecule has 1 aromatic rings. The molecule has 0 aliphatic heterocycles. The smallest absolute Gasteiger partial charge is 0.104 e. The van der Waals surface area contributed by atoms with E-state index >= 15 is 0 Å². The molecule has 19 heavy (non-hydrogen) atoms. The first-order valence-corrected chi connectivity index (χ1v) is 7.84. The third kappa shape index (κ3) is 4.35. The van der Waals surface area contributed by atoms with Gasteiger partial charge in [0.1, 0.15) is 6.61 Å². The molecule has 2 atom stereocenters. The van der Waals surface area contributed by atoms with Crippen LogP contribution < -0.4 is 0 Å². The van der Waals surface area contributed by atoms with Crippen LogP contribution >= 0.6 is 11.3 Å². The lowest BCUT2D eigenvalue weighted by molar-refractivity contribution is -0.00809. The van der Waals surface area contributed by atoms with Gasteiger partial charge in [-0.05, 0) is 42.5 Å². The summed E-state index contributed by atoms with van der Waals surface area (Å²) in [5.41, 5.74) is 0.996. The average Bonchev–Trinajstić information content (AvgIpc) is 2.80. The van der Waals surface area contributed by atoms with E-state index in [2.05, 4.69) is 25.7 Å². The highest BCUT2D eigenvalue weighted by molar-refractivity contribution is 7.10. The number of aliphatic hydroxyl groups is 1. The number of rotatable bonds is 3. The SMILES string of the molecule is CC1CC(C)CC(OCc2sccc2C#CCO)C1. The highest BCUT2D eigenvalue weighted by Crippen LogP contribution is 2.31. The summed E-state index contributed by atoms with van der Waals surface area (Å²) in [4.78, 5) is 1.17. The first-order chi connectivity index (χ1) is 9.19. The van der Waals surface area contributed by atoms with Crippen LogP contribution in [0.3, 0.4) is 0 Å². The second-order valence-electron chi connectivity index (χ2n) is 5.57. The van der Waals surface area contributed by atoms with Crippen LogP contribution in [0.4, 0.5) is 0 Å². The van der Waals surface area contributed by atoms with Gasteiger partial charge in [0.15, 0.2) is 0 Å². The Morgan fingerprint density at radius 2 is 2.05 bits per heavy atom. The Morgan fingerprint density at radius 1 is 1.32 bits per heavy atom. The summed E-state index contributed by atoms with van der Waals surface area (Å²) in [6, 6.07) is 2.00. The Labute approximate surface area is 119 Å². The van der Waals surface area contributed by atoms with Crippen LogP contribution in [-0.4, -0.2) is 17.8 Å². The largest absolute Gasteiger partial charge is 0.384 e. The van der Waals surface area contributed by atoms with E-state index in [1.54, 1.807) is 11.3 Å². The number of thiophene rings is 1. The van der Waals surface area contributed by atoms with Crippen LogP contribution in [0, 0.1) is 23.7 Å². The van der Waals surface area contributed by atoms with Gasteiger partial charge in [-0.2, -0.15) is 0 Å². The minimum Gasteiger partial charge on any atom is -0.384 e. The van der Waals surface area contributed by atoms with E-state index in [0.29, 0.717) is 12.7 Å². The summed E-state index contributed by atoms with van der Waals surface area (Å²) in [5.74, 6) is 7.22. The zero-order valence-corrected chi connectivity index (χ0v) is 12.5. The zero-order chi connectivity index (χ0) is 13.7. The lowest BCUT2D eigenvalue weighted by atomic mass is 9.82. The monoisotopic (exact) mass is 278 g/mol. The number of hydrogen-bond acceptors (Lipinski definition) is 3. The molecule has 3 heteroatoms. The third-order valence-corrected chi connectivity index (χ3v) is 4.53. The van der Waals surface area contributed by atoms with Crippen LogP contribution in [0.15, 0.2) is 11.4 Å². The minimum absolute atomic E-state index is 0.0895. The van der Waals surface area contributed by atoms with Crippen LogP contribution in [0.1, 0.15) is 43.6 Å². The van der Waals surface area contributed by atoms with Crippen molar-refractivity contribution in [3.63, 3.8) is 0 Å². The van der Waals surface area contributed by atoms with Gasteiger partial charge < -0.3 is 9.84 Å². The molecule has 1 saturated carbocycles. The molecular formula is C16H22O2S. The van der Waals surface area contributed by atoms with E-state index in [-0.39, 0.29) is 6.61 Å². The Kier molecular flexibility index (Phi) is 5.45. The van der Waals surface area contributed by atoms with Gasteiger partial charge >= 0.3 is 0 Å². The first kappa shape index (κ1) is 14.6. The molecule has 104 valence electrons. The van der Waals surface area contributed by atoms with Gasteiger partial charge in [-0.15, -0.1) is 11.3 Å². The van der Waals surface area contributed by atoms with Gasteiger partial charge in [0.25, 0.3) is 0 Å². The molecule has 0 amide bonds. The van der Waals surface area contributed by atoms with Gasteiger partial charge in [-0.1, -0.05) is 25.7 Å². The van der Waals surface area contributed by atoms with Gasteiger partial charge in [0.05, 0.1) is 12.7 Å². The molecule has 2 unspecified atom stereocenters. The van der Waals surface area contributed by atoms with E-state index in [1.807, 2.05) is 11.4 Å². The molecule has 1 aliphatic carbocycles. The van der Waals surface area contributed by atoms with E-state index < -0.39 is 0 Å². The first-order valence-electron chi connectivity index (χ1n) is 6.96. The van der Waals surface area contributed by atoms with E-state index in [0.717, 1.165) is 17.4 Å². The number of aliphatic hydroxyl groups excluding tert-OH is 1. The normalized spacial score (nSPS) is 26.8. The van der Waals surface area contributed by atoms with Crippen LogP contribution in [0.2, 0.25) is 0 Å². The van der Waals surface area contributed by atoms with Crippen molar-refractivity contribution in [1.82, 2.24) is 0 Å². The van der Waals surface area contributed by atoms with Crippen molar-refractivity contribution in [3.8, 4) is 11.8 Å². The Bertz CT molecular complexity index is 445. The lowest BCUT2D eigenvalue weighted by Gasteiger charge is -2.31. The number of hydrogen-bond donors (Lipinski definition) is 1. The van der Waals surface area contributed by atoms with Gasteiger partial charge in [0.2, 0.25) is 0 Å².